The highest BCUT2D eigenvalue weighted by Crippen LogP contribution is 2.34. The van der Waals surface area contributed by atoms with Crippen LogP contribution in [0, 0.1) is 19.3 Å². The predicted octanol–water partition coefficient (Wildman–Crippen LogP) is 3.72. The lowest BCUT2D eigenvalue weighted by Gasteiger charge is -2.28. The van der Waals surface area contributed by atoms with Crippen LogP contribution in [0.25, 0.3) is 0 Å². The number of nitrogens with one attached hydrogen (secondary N) is 1. The summed E-state index contributed by atoms with van der Waals surface area (Å²) in [7, 11) is 0. The van der Waals surface area contributed by atoms with Gasteiger partial charge in [-0.15, -0.1) is 0 Å². The molecule has 3 heteroatoms. The number of allylic oxidation sites excluding steroid dienone is 3. The molecule has 110 valence electrons. The van der Waals surface area contributed by atoms with E-state index in [2.05, 4.69) is 11.4 Å². The molecule has 1 N–H and O–H groups in total. The van der Waals surface area contributed by atoms with E-state index >= 15 is 0 Å². The molecule has 21 heavy (non-hydrogen) atoms. The lowest BCUT2D eigenvalue weighted by Crippen LogP contribution is -2.25. The second-order valence-electron chi connectivity index (χ2n) is 6.54. The minimum absolute atomic E-state index is 0.214. The number of carbonyl (C=O) groups is 2. The van der Waals surface area contributed by atoms with E-state index in [-0.39, 0.29) is 5.41 Å². The van der Waals surface area contributed by atoms with Crippen molar-refractivity contribution in [3.8, 4) is 0 Å². The van der Waals surface area contributed by atoms with E-state index < -0.39 is 11.6 Å². The molecule has 0 radical (unpaired) electrons. The van der Waals surface area contributed by atoms with Gasteiger partial charge in [-0.25, -0.2) is 0 Å². The summed E-state index contributed by atoms with van der Waals surface area (Å²) in [6.45, 7) is 10.1. The third-order valence-corrected chi connectivity index (χ3v) is 3.54. The van der Waals surface area contributed by atoms with Gasteiger partial charge in [0.05, 0.1) is 0 Å². The van der Waals surface area contributed by atoms with E-state index in [1.807, 2.05) is 46.8 Å². The number of aryl methyl sites for hydroxylation is 2. The molecule has 0 saturated heterocycles. The molecule has 1 aromatic rings. The van der Waals surface area contributed by atoms with Crippen LogP contribution in [-0.4, -0.2) is 11.6 Å². The Balaban J connectivity index is 2.41. The molecule has 0 spiro atoms. The van der Waals surface area contributed by atoms with Crippen molar-refractivity contribution >= 4 is 17.3 Å². The Morgan fingerprint density at radius 2 is 1.57 bits per heavy atom. The van der Waals surface area contributed by atoms with Crippen molar-refractivity contribution in [3.05, 3.63) is 52.7 Å². The molecule has 0 atom stereocenters. The van der Waals surface area contributed by atoms with Gasteiger partial charge in [0.25, 0.3) is 0 Å². The average molecular weight is 283 g/mol. The number of hydrogen-bond acceptors (Lipinski definition) is 3. The maximum atomic E-state index is 11.7. The number of benzene rings is 1. The molecule has 0 aliphatic heterocycles. The first-order valence-corrected chi connectivity index (χ1v) is 7.05. The van der Waals surface area contributed by atoms with Gasteiger partial charge < -0.3 is 5.32 Å². The molecule has 0 fully saturated rings. The SMILES string of the molecule is Cc1ccc(NC2=CC(=O)C(=O)C=C2C(C)(C)C)c(C)c1. The van der Waals surface area contributed by atoms with Gasteiger partial charge in [-0.2, -0.15) is 0 Å². The van der Waals surface area contributed by atoms with Crippen molar-refractivity contribution in [1.82, 2.24) is 0 Å². The Morgan fingerprint density at radius 1 is 0.952 bits per heavy atom. The van der Waals surface area contributed by atoms with Gasteiger partial charge in [0.15, 0.2) is 0 Å². The number of carbonyl (C=O) groups excluding carboxylic acids is 2. The second kappa shape index (κ2) is 5.32. The van der Waals surface area contributed by atoms with Crippen LogP contribution in [0.15, 0.2) is 41.6 Å². The number of anilines is 1. The van der Waals surface area contributed by atoms with E-state index in [1.54, 1.807) is 0 Å². The van der Waals surface area contributed by atoms with E-state index in [9.17, 15) is 9.59 Å². The van der Waals surface area contributed by atoms with Crippen LogP contribution in [0.2, 0.25) is 0 Å². The lowest BCUT2D eigenvalue weighted by molar-refractivity contribution is -0.131. The minimum atomic E-state index is -0.477. The smallest absolute Gasteiger partial charge is 0.227 e. The van der Waals surface area contributed by atoms with E-state index in [0.29, 0.717) is 5.70 Å². The van der Waals surface area contributed by atoms with Crippen LogP contribution < -0.4 is 5.32 Å². The molecule has 1 aromatic carbocycles. The summed E-state index contributed by atoms with van der Waals surface area (Å²) in [5, 5.41) is 3.30. The first-order chi connectivity index (χ1) is 9.68. The standard InChI is InChI=1S/C18H21NO2/c1-11-6-7-14(12(2)8-11)19-15-10-17(21)16(20)9-13(15)18(3,4)5/h6-10,19H,1-5H3. The molecule has 2 rings (SSSR count). The molecule has 0 heterocycles. The van der Waals surface area contributed by atoms with Gasteiger partial charge in [-0.1, -0.05) is 38.5 Å². The van der Waals surface area contributed by atoms with Gasteiger partial charge in [0.2, 0.25) is 11.6 Å². The summed E-state index contributed by atoms with van der Waals surface area (Å²) in [5.74, 6) is -0.929. The van der Waals surface area contributed by atoms with Crippen LogP contribution in [0.5, 0.6) is 0 Å². The maximum Gasteiger partial charge on any atom is 0.227 e. The zero-order valence-corrected chi connectivity index (χ0v) is 13.2. The van der Waals surface area contributed by atoms with Crippen LogP contribution in [0.3, 0.4) is 0 Å². The highest BCUT2D eigenvalue weighted by molar-refractivity contribution is 6.47. The fraction of sp³-hybridized carbons (Fsp3) is 0.333. The molecule has 0 aromatic heterocycles. The van der Waals surface area contributed by atoms with Crippen molar-refractivity contribution in [2.75, 3.05) is 5.32 Å². The molecule has 0 bridgehead atoms. The third kappa shape index (κ3) is 3.30. The van der Waals surface area contributed by atoms with Gasteiger partial charge in [-0.3, -0.25) is 9.59 Å². The first kappa shape index (κ1) is 15.2. The minimum Gasteiger partial charge on any atom is -0.355 e. The molecule has 0 saturated carbocycles. The third-order valence-electron chi connectivity index (χ3n) is 3.54. The van der Waals surface area contributed by atoms with Crippen LogP contribution in [-0.2, 0) is 9.59 Å². The highest BCUT2D eigenvalue weighted by Gasteiger charge is 2.28. The number of hydrogen-bond donors (Lipinski definition) is 1. The summed E-state index contributed by atoms with van der Waals surface area (Å²) in [6, 6.07) is 6.10. The summed E-state index contributed by atoms with van der Waals surface area (Å²) >= 11 is 0. The monoisotopic (exact) mass is 283 g/mol. The first-order valence-electron chi connectivity index (χ1n) is 7.05. The summed E-state index contributed by atoms with van der Waals surface area (Å²) in [4.78, 5) is 23.4. The predicted molar refractivity (Wildman–Crippen MR) is 85.2 cm³/mol. The second-order valence-corrected chi connectivity index (χ2v) is 6.54. The van der Waals surface area contributed by atoms with Crippen LogP contribution in [0.4, 0.5) is 5.69 Å². The quantitative estimate of drug-likeness (QED) is 0.664. The number of ketones is 2. The van der Waals surface area contributed by atoms with E-state index in [1.165, 1.54) is 17.7 Å². The van der Waals surface area contributed by atoms with Gasteiger partial charge in [0, 0.05) is 17.5 Å². The van der Waals surface area contributed by atoms with Crippen LogP contribution >= 0.6 is 0 Å². The van der Waals surface area contributed by atoms with Gasteiger partial charge >= 0.3 is 0 Å². The molecular formula is C18H21NO2. The fourth-order valence-corrected chi connectivity index (χ4v) is 2.38. The Hall–Kier alpha value is -2.16. The molecule has 0 unspecified atom stereocenters. The average Bonchev–Trinajstić information content (AvgIpc) is 2.35. The zero-order chi connectivity index (χ0) is 15.8. The lowest BCUT2D eigenvalue weighted by atomic mass is 9.81. The van der Waals surface area contributed by atoms with Crippen molar-refractivity contribution in [1.29, 1.82) is 0 Å². The maximum absolute atomic E-state index is 11.7. The van der Waals surface area contributed by atoms with E-state index in [0.717, 1.165) is 16.8 Å². The molecule has 1 aliphatic carbocycles. The van der Waals surface area contributed by atoms with Crippen LogP contribution in [0.1, 0.15) is 31.9 Å². The summed E-state index contributed by atoms with van der Waals surface area (Å²) < 4.78 is 0. The Labute approximate surface area is 125 Å². The Kier molecular flexibility index (Phi) is 3.86. The largest absolute Gasteiger partial charge is 0.355 e. The molecular weight excluding hydrogens is 262 g/mol. The van der Waals surface area contributed by atoms with E-state index in [4.69, 9.17) is 0 Å². The number of rotatable bonds is 2. The normalized spacial score (nSPS) is 15.7. The fourth-order valence-electron chi connectivity index (χ4n) is 2.38. The van der Waals surface area contributed by atoms with Crippen molar-refractivity contribution in [2.45, 2.75) is 34.6 Å². The van der Waals surface area contributed by atoms with Gasteiger partial charge in [-0.05, 0) is 42.5 Å². The Bertz CT molecular complexity index is 673. The van der Waals surface area contributed by atoms with Gasteiger partial charge in [0.1, 0.15) is 0 Å². The topological polar surface area (TPSA) is 46.2 Å². The molecule has 0 amide bonds. The summed E-state index contributed by atoms with van der Waals surface area (Å²) in [5.41, 5.74) is 4.59. The highest BCUT2D eigenvalue weighted by atomic mass is 16.2. The molecule has 3 nitrogen and oxygen atoms in total. The van der Waals surface area contributed by atoms with Crippen molar-refractivity contribution in [3.63, 3.8) is 0 Å². The zero-order valence-electron chi connectivity index (χ0n) is 13.2. The summed E-state index contributed by atoms with van der Waals surface area (Å²) in [6.07, 6.45) is 2.86. The molecule has 1 aliphatic rings. The van der Waals surface area contributed by atoms with Crippen molar-refractivity contribution < 1.29 is 9.59 Å². The van der Waals surface area contributed by atoms with Crippen molar-refractivity contribution in [2.24, 2.45) is 5.41 Å². The Morgan fingerprint density at radius 3 is 2.14 bits per heavy atom.